The highest BCUT2D eigenvalue weighted by Gasteiger charge is 2.18. The van der Waals surface area contributed by atoms with E-state index in [-0.39, 0.29) is 11.8 Å². The average Bonchev–Trinajstić information content (AvgIpc) is 2.35. The minimum absolute atomic E-state index is 0.137. The van der Waals surface area contributed by atoms with Gasteiger partial charge in [0.1, 0.15) is 5.82 Å². The molecule has 1 aromatic rings. The molecule has 0 aliphatic carbocycles. The molecule has 0 aliphatic rings. The highest BCUT2D eigenvalue weighted by molar-refractivity contribution is 5.96. The standard InChI is InChI=1S/C14H24N4O/c1-9(2)6-7-18(5)14(19)12-11(15)8-16-13(17-12)10(3)4/h8-10H,6-7,15H2,1-5H3. The zero-order valence-corrected chi connectivity index (χ0v) is 12.5. The number of carbonyl (C=O) groups excluding carboxylic acids is 1. The van der Waals surface area contributed by atoms with Crippen molar-refractivity contribution >= 4 is 11.6 Å². The van der Waals surface area contributed by atoms with Crippen LogP contribution in [0.25, 0.3) is 0 Å². The Hall–Kier alpha value is -1.65. The molecule has 0 saturated carbocycles. The molecule has 0 spiro atoms. The molecule has 0 bridgehead atoms. The summed E-state index contributed by atoms with van der Waals surface area (Å²) in [6.07, 6.45) is 2.48. The predicted molar refractivity (Wildman–Crippen MR) is 76.9 cm³/mol. The van der Waals surface area contributed by atoms with Crippen LogP contribution in [0.15, 0.2) is 6.20 Å². The second-order valence-corrected chi connectivity index (χ2v) is 5.60. The van der Waals surface area contributed by atoms with Crippen molar-refractivity contribution < 1.29 is 4.79 Å². The number of nitrogens with zero attached hydrogens (tertiary/aromatic N) is 3. The molecule has 0 atom stereocenters. The first-order valence-electron chi connectivity index (χ1n) is 6.70. The Balaban J connectivity index is 2.89. The molecular weight excluding hydrogens is 240 g/mol. The van der Waals surface area contributed by atoms with Gasteiger partial charge in [0.15, 0.2) is 5.69 Å². The van der Waals surface area contributed by atoms with E-state index in [1.54, 1.807) is 11.9 Å². The molecule has 0 aromatic carbocycles. The van der Waals surface area contributed by atoms with Gasteiger partial charge in [-0.05, 0) is 12.3 Å². The quantitative estimate of drug-likeness (QED) is 0.885. The SMILES string of the molecule is CC(C)CCN(C)C(=O)c1nc(C(C)C)ncc1N. The lowest BCUT2D eigenvalue weighted by molar-refractivity contribution is 0.0784. The van der Waals surface area contributed by atoms with Crippen LogP contribution in [0.1, 0.15) is 56.3 Å². The monoisotopic (exact) mass is 264 g/mol. The molecule has 19 heavy (non-hydrogen) atoms. The van der Waals surface area contributed by atoms with Gasteiger partial charge in [-0.25, -0.2) is 9.97 Å². The van der Waals surface area contributed by atoms with E-state index in [4.69, 9.17) is 5.73 Å². The molecule has 106 valence electrons. The molecule has 5 heteroatoms. The minimum atomic E-state index is -0.137. The fourth-order valence-corrected chi connectivity index (χ4v) is 1.59. The molecule has 1 heterocycles. The van der Waals surface area contributed by atoms with Crippen molar-refractivity contribution in [3.8, 4) is 0 Å². The third kappa shape index (κ3) is 4.19. The fraction of sp³-hybridized carbons (Fsp3) is 0.643. The van der Waals surface area contributed by atoms with E-state index >= 15 is 0 Å². The van der Waals surface area contributed by atoms with Crippen LogP contribution in [0, 0.1) is 5.92 Å². The van der Waals surface area contributed by atoms with Gasteiger partial charge < -0.3 is 10.6 Å². The number of hydrogen-bond donors (Lipinski definition) is 1. The summed E-state index contributed by atoms with van der Waals surface area (Å²) in [5.41, 5.74) is 6.46. The number of nitrogen functional groups attached to an aromatic ring is 1. The van der Waals surface area contributed by atoms with Gasteiger partial charge >= 0.3 is 0 Å². The number of hydrogen-bond acceptors (Lipinski definition) is 4. The number of nitrogens with two attached hydrogens (primary N) is 1. The van der Waals surface area contributed by atoms with Crippen LogP contribution in [0.2, 0.25) is 0 Å². The summed E-state index contributed by atoms with van der Waals surface area (Å²) in [6.45, 7) is 8.95. The van der Waals surface area contributed by atoms with Gasteiger partial charge in [-0.1, -0.05) is 27.7 Å². The van der Waals surface area contributed by atoms with Gasteiger partial charge in [-0.15, -0.1) is 0 Å². The molecule has 1 amide bonds. The van der Waals surface area contributed by atoms with E-state index in [0.717, 1.165) is 6.42 Å². The third-order valence-corrected chi connectivity index (χ3v) is 2.94. The first-order chi connectivity index (χ1) is 8.82. The Kier molecular flexibility index (Phi) is 5.27. The lowest BCUT2D eigenvalue weighted by Gasteiger charge is -2.19. The fourth-order valence-electron chi connectivity index (χ4n) is 1.59. The van der Waals surface area contributed by atoms with Crippen LogP contribution in [-0.4, -0.2) is 34.4 Å². The summed E-state index contributed by atoms with van der Waals surface area (Å²) in [4.78, 5) is 22.4. The summed E-state index contributed by atoms with van der Waals surface area (Å²) in [6, 6.07) is 0. The van der Waals surface area contributed by atoms with E-state index < -0.39 is 0 Å². The van der Waals surface area contributed by atoms with Crippen LogP contribution in [0.5, 0.6) is 0 Å². The van der Waals surface area contributed by atoms with E-state index in [0.29, 0.717) is 29.7 Å². The van der Waals surface area contributed by atoms with Crippen molar-refractivity contribution in [2.24, 2.45) is 5.92 Å². The molecule has 1 rings (SSSR count). The summed E-state index contributed by atoms with van der Waals surface area (Å²) in [7, 11) is 1.78. The van der Waals surface area contributed by atoms with Gasteiger partial charge in [0.25, 0.3) is 5.91 Å². The first-order valence-corrected chi connectivity index (χ1v) is 6.70. The van der Waals surface area contributed by atoms with Crippen molar-refractivity contribution in [2.45, 2.75) is 40.0 Å². The second kappa shape index (κ2) is 6.50. The number of rotatable bonds is 5. The van der Waals surface area contributed by atoms with E-state index in [2.05, 4.69) is 23.8 Å². The third-order valence-electron chi connectivity index (χ3n) is 2.94. The number of anilines is 1. The zero-order valence-electron chi connectivity index (χ0n) is 12.5. The molecule has 0 fully saturated rings. The number of aromatic nitrogens is 2. The molecule has 0 saturated heterocycles. The van der Waals surface area contributed by atoms with E-state index in [9.17, 15) is 4.79 Å². The van der Waals surface area contributed by atoms with Gasteiger partial charge in [0.2, 0.25) is 0 Å². The summed E-state index contributed by atoms with van der Waals surface area (Å²) in [5.74, 6) is 1.25. The van der Waals surface area contributed by atoms with Gasteiger partial charge in [0, 0.05) is 19.5 Å². The Labute approximate surface area is 115 Å². The predicted octanol–water partition coefficient (Wildman–Crippen LogP) is 2.30. The smallest absolute Gasteiger partial charge is 0.274 e. The first kappa shape index (κ1) is 15.4. The van der Waals surface area contributed by atoms with Gasteiger partial charge in [-0.3, -0.25) is 4.79 Å². The molecule has 2 N–H and O–H groups in total. The highest BCUT2D eigenvalue weighted by Crippen LogP contribution is 2.15. The van der Waals surface area contributed by atoms with Crippen LogP contribution in [-0.2, 0) is 0 Å². The Morgan fingerprint density at radius 2 is 2.00 bits per heavy atom. The van der Waals surface area contributed by atoms with Crippen LogP contribution >= 0.6 is 0 Å². The zero-order chi connectivity index (χ0) is 14.6. The minimum Gasteiger partial charge on any atom is -0.396 e. The van der Waals surface area contributed by atoms with Crippen molar-refractivity contribution in [1.29, 1.82) is 0 Å². The van der Waals surface area contributed by atoms with Crippen molar-refractivity contribution in [2.75, 3.05) is 19.3 Å². The summed E-state index contributed by atoms with van der Waals surface area (Å²) >= 11 is 0. The molecule has 1 aromatic heterocycles. The Morgan fingerprint density at radius 3 is 2.53 bits per heavy atom. The average molecular weight is 264 g/mol. The van der Waals surface area contributed by atoms with E-state index in [1.165, 1.54) is 6.20 Å². The summed E-state index contributed by atoms with van der Waals surface area (Å²) < 4.78 is 0. The lowest BCUT2D eigenvalue weighted by atomic mass is 10.1. The maximum Gasteiger partial charge on any atom is 0.274 e. The van der Waals surface area contributed by atoms with Crippen molar-refractivity contribution in [3.05, 3.63) is 17.7 Å². The van der Waals surface area contributed by atoms with E-state index in [1.807, 2.05) is 13.8 Å². The van der Waals surface area contributed by atoms with Crippen molar-refractivity contribution in [3.63, 3.8) is 0 Å². The largest absolute Gasteiger partial charge is 0.396 e. The normalized spacial score (nSPS) is 11.1. The molecule has 0 aliphatic heterocycles. The second-order valence-electron chi connectivity index (χ2n) is 5.60. The van der Waals surface area contributed by atoms with Crippen molar-refractivity contribution in [1.82, 2.24) is 14.9 Å². The van der Waals surface area contributed by atoms with Gasteiger partial charge in [0.05, 0.1) is 11.9 Å². The summed E-state index contributed by atoms with van der Waals surface area (Å²) in [5, 5.41) is 0. The maximum absolute atomic E-state index is 12.3. The maximum atomic E-state index is 12.3. The van der Waals surface area contributed by atoms with Crippen LogP contribution in [0.4, 0.5) is 5.69 Å². The number of amides is 1. The molecule has 0 unspecified atom stereocenters. The topological polar surface area (TPSA) is 72.1 Å². The number of carbonyl (C=O) groups is 1. The highest BCUT2D eigenvalue weighted by atomic mass is 16.2. The van der Waals surface area contributed by atoms with Crippen LogP contribution < -0.4 is 5.73 Å². The molecule has 0 radical (unpaired) electrons. The van der Waals surface area contributed by atoms with Crippen LogP contribution in [0.3, 0.4) is 0 Å². The molecule has 5 nitrogen and oxygen atoms in total. The Morgan fingerprint density at radius 1 is 1.37 bits per heavy atom. The van der Waals surface area contributed by atoms with Gasteiger partial charge in [-0.2, -0.15) is 0 Å². The Bertz CT molecular complexity index is 443. The molecular formula is C14H24N4O. The lowest BCUT2D eigenvalue weighted by Crippen LogP contribution is -2.30.